The maximum atomic E-state index is 12.8. The quantitative estimate of drug-likeness (QED) is 0.846. The predicted octanol–water partition coefficient (Wildman–Crippen LogP) is 1.29. The van der Waals surface area contributed by atoms with Gasteiger partial charge < -0.3 is 10.4 Å². The van der Waals surface area contributed by atoms with E-state index in [1.54, 1.807) is 4.68 Å². The Morgan fingerprint density at radius 3 is 2.83 bits per heavy atom. The molecular weight excluding hydrogens is 240 g/mol. The number of hydrogen-bond donors (Lipinski definition) is 2. The molecule has 18 heavy (non-hydrogen) atoms. The molecule has 0 saturated carbocycles. The van der Waals surface area contributed by atoms with Crippen LogP contribution in [0.4, 0.5) is 8.78 Å². The summed E-state index contributed by atoms with van der Waals surface area (Å²) in [7, 11) is 1.81. The minimum absolute atomic E-state index is 0.247. The molecule has 1 aromatic carbocycles. The van der Waals surface area contributed by atoms with Crippen LogP contribution in [0.1, 0.15) is 5.69 Å². The first-order valence-corrected chi connectivity index (χ1v) is 5.63. The molecule has 1 aromatic heterocycles. The van der Waals surface area contributed by atoms with E-state index >= 15 is 0 Å². The van der Waals surface area contributed by atoms with Crippen molar-refractivity contribution in [3.05, 3.63) is 30.0 Å². The summed E-state index contributed by atoms with van der Waals surface area (Å²) in [5, 5.41) is 16.3. The van der Waals surface area contributed by atoms with Gasteiger partial charge in [-0.1, -0.05) is 18.2 Å². The van der Waals surface area contributed by atoms with Crippen LogP contribution < -0.4 is 5.32 Å². The van der Waals surface area contributed by atoms with Gasteiger partial charge in [-0.25, -0.2) is 8.78 Å². The zero-order valence-electron chi connectivity index (χ0n) is 10.0. The van der Waals surface area contributed by atoms with Gasteiger partial charge in [0.15, 0.2) is 0 Å². The van der Waals surface area contributed by atoms with Crippen molar-refractivity contribution in [2.75, 3.05) is 13.2 Å². The van der Waals surface area contributed by atoms with Crippen molar-refractivity contribution in [3.8, 4) is 0 Å². The Balaban J connectivity index is 2.09. The van der Waals surface area contributed by atoms with Gasteiger partial charge >= 0.3 is 0 Å². The number of rotatable bonds is 5. The number of fused-ring (bicyclic) bond motifs is 1. The molecule has 1 heterocycles. The lowest BCUT2D eigenvalue weighted by Gasteiger charge is -2.13. The average molecular weight is 255 g/mol. The Morgan fingerprint density at radius 1 is 1.39 bits per heavy atom. The molecule has 0 radical (unpaired) electrons. The summed E-state index contributed by atoms with van der Waals surface area (Å²) in [5.74, 6) is -3.09. The lowest BCUT2D eigenvalue weighted by Crippen LogP contribution is -2.35. The highest BCUT2D eigenvalue weighted by atomic mass is 19.3. The van der Waals surface area contributed by atoms with Crippen molar-refractivity contribution < 1.29 is 13.9 Å². The molecule has 0 atom stereocenters. The molecule has 2 rings (SSSR count). The Kier molecular flexibility index (Phi) is 3.58. The summed E-state index contributed by atoms with van der Waals surface area (Å²) in [6.45, 7) is -1.46. The fourth-order valence-electron chi connectivity index (χ4n) is 1.84. The van der Waals surface area contributed by atoms with Crippen LogP contribution in [0.25, 0.3) is 10.9 Å². The standard InChI is InChI=1S/C12H15F2N3O/c1-17-11-5-3-2-4-9(11)10(16-17)6-15-7-12(13,14)8-18/h2-5,15,18H,6-8H2,1H3. The zero-order chi connectivity index (χ0) is 13.2. The molecule has 98 valence electrons. The van der Waals surface area contributed by atoms with E-state index in [-0.39, 0.29) is 6.54 Å². The van der Waals surface area contributed by atoms with E-state index in [2.05, 4.69) is 10.4 Å². The number of halogens is 2. The molecule has 0 aliphatic carbocycles. The molecule has 2 N–H and O–H groups in total. The summed E-state index contributed by atoms with van der Waals surface area (Å²) in [6.07, 6.45) is 0. The van der Waals surface area contributed by atoms with Crippen LogP contribution in [0.15, 0.2) is 24.3 Å². The fourth-order valence-corrected chi connectivity index (χ4v) is 1.84. The van der Waals surface area contributed by atoms with Gasteiger partial charge in [-0.2, -0.15) is 5.10 Å². The van der Waals surface area contributed by atoms with Crippen molar-refractivity contribution in [2.45, 2.75) is 12.5 Å². The van der Waals surface area contributed by atoms with E-state index < -0.39 is 19.1 Å². The smallest absolute Gasteiger partial charge is 0.282 e. The van der Waals surface area contributed by atoms with Crippen LogP contribution in [0.5, 0.6) is 0 Å². The first-order valence-electron chi connectivity index (χ1n) is 5.63. The molecule has 0 spiro atoms. The van der Waals surface area contributed by atoms with Gasteiger partial charge in [0, 0.05) is 19.0 Å². The van der Waals surface area contributed by atoms with Crippen molar-refractivity contribution >= 4 is 10.9 Å². The number of aliphatic hydroxyl groups is 1. The highest BCUT2D eigenvalue weighted by Gasteiger charge is 2.26. The number of para-hydroxylation sites is 1. The summed E-state index contributed by atoms with van der Waals surface area (Å²) in [6, 6.07) is 7.62. The molecule has 0 saturated heterocycles. The van der Waals surface area contributed by atoms with Gasteiger partial charge in [0.2, 0.25) is 0 Å². The molecule has 6 heteroatoms. The number of aromatic nitrogens is 2. The maximum Gasteiger partial charge on any atom is 0.282 e. The molecule has 2 aromatic rings. The van der Waals surface area contributed by atoms with E-state index in [0.717, 1.165) is 16.6 Å². The number of benzene rings is 1. The maximum absolute atomic E-state index is 12.8. The van der Waals surface area contributed by atoms with Crippen molar-refractivity contribution in [1.82, 2.24) is 15.1 Å². The van der Waals surface area contributed by atoms with Gasteiger partial charge in [0.25, 0.3) is 5.92 Å². The number of aryl methyl sites for hydroxylation is 1. The molecule has 0 aliphatic rings. The normalized spacial score (nSPS) is 12.2. The highest BCUT2D eigenvalue weighted by Crippen LogP contribution is 2.17. The average Bonchev–Trinajstić information content (AvgIpc) is 2.67. The topological polar surface area (TPSA) is 50.1 Å². The summed E-state index contributed by atoms with van der Waals surface area (Å²) in [5.41, 5.74) is 1.69. The van der Waals surface area contributed by atoms with Crippen LogP contribution >= 0.6 is 0 Å². The zero-order valence-corrected chi connectivity index (χ0v) is 10.0. The van der Waals surface area contributed by atoms with Gasteiger partial charge in [-0.15, -0.1) is 0 Å². The molecule has 0 fully saturated rings. The van der Waals surface area contributed by atoms with Crippen LogP contribution in [0.3, 0.4) is 0 Å². The van der Waals surface area contributed by atoms with Crippen LogP contribution in [-0.4, -0.2) is 34.0 Å². The number of hydrogen-bond acceptors (Lipinski definition) is 3. The van der Waals surface area contributed by atoms with Gasteiger partial charge in [0.05, 0.1) is 17.8 Å². The SMILES string of the molecule is Cn1nc(CNCC(F)(F)CO)c2ccccc21. The van der Waals surface area contributed by atoms with Crippen LogP contribution in [0.2, 0.25) is 0 Å². The number of aliphatic hydroxyl groups excluding tert-OH is 1. The molecule has 0 unspecified atom stereocenters. The van der Waals surface area contributed by atoms with E-state index in [9.17, 15) is 8.78 Å². The largest absolute Gasteiger partial charge is 0.390 e. The van der Waals surface area contributed by atoms with E-state index in [1.165, 1.54) is 0 Å². The lowest BCUT2D eigenvalue weighted by atomic mass is 10.2. The molecule has 0 amide bonds. The molecule has 4 nitrogen and oxygen atoms in total. The third kappa shape index (κ3) is 2.65. The lowest BCUT2D eigenvalue weighted by molar-refractivity contribution is -0.0478. The minimum atomic E-state index is -3.09. The third-order valence-electron chi connectivity index (χ3n) is 2.74. The molecular formula is C12H15F2N3O. The van der Waals surface area contributed by atoms with Gasteiger partial charge in [-0.05, 0) is 6.07 Å². The second-order valence-corrected chi connectivity index (χ2v) is 4.21. The minimum Gasteiger partial charge on any atom is -0.390 e. The predicted molar refractivity (Wildman–Crippen MR) is 64.5 cm³/mol. The van der Waals surface area contributed by atoms with Gasteiger partial charge in [0.1, 0.15) is 6.61 Å². The second-order valence-electron chi connectivity index (χ2n) is 4.21. The fraction of sp³-hybridized carbons (Fsp3) is 0.417. The summed E-state index contributed by atoms with van der Waals surface area (Å²) in [4.78, 5) is 0. The number of nitrogens with zero attached hydrogens (tertiary/aromatic N) is 2. The summed E-state index contributed by atoms with van der Waals surface area (Å²) < 4.78 is 27.4. The Hall–Kier alpha value is -1.53. The van der Waals surface area contributed by atoms with Crippen molar-refractivity contribution in [2.24, 2.45) is 7.05 Å². The van der Waals surface area contributed by atoms with Crippen LogP contribution in [0, 0.1) is 0 Å². The van der Waals surface area contributed by atoms with E-state index in [1.807, 2.05) is 31.3 Å². The monoisotopic (exact) mass is 255 g/mol. The highest BCUT2D eigenvalue weighted by molar-refractivity contribution is 5.81. The van der Waals surface area contributed by atoms with E-state index in [0.29, 0.717) is 0 Å². The van der Waals surface area contributed by atoms with E-state index in [4.69, 9.17) is 5.11 Å². The molecule has 0 bridgehead atoms. The van der Waals surface area contributed by atoms with Crippen molar-refractivity contribution in [3.63, 3.8) is 0 Å². The molecule has 0 aliphatic heterocycles. The first kappa shape index (κ1) is 12.9. The Morgan fingerprint density at radius 2 is 2.11 bits per heavy atom. The number of alkyl halides is 2. The first-order chi connectivity index (χ1) is 8.53. The number of nitrogens with one attached hydrogen (secondary N) is 1. The Labute approximate surface area is 103 Å². The van der Waals surface area contributed by atoms with Gasteiger partial charge in [-0.3, -0.25) is 4.68 Å². The second kappa shape index (κ2) is 4.99. The van der Waals surface area contributed by atoms with Crippen molar-refractivity contribution in [1.29, 1.82) is 0 Å². The third-order valence-corrected chi connectivity index (χ3v) is 2.74. The summed E-state index contributed by atoms with van der Waals surface area (Å²) >= 11 is 0. The van der Waals surface area contributed by atoms with Crippen LogP contribution in [-0.2, 0) is 13.6 Å². The Bertz CT molecular complexity index is 539.